The summed E-state index contributed by atoms with van der Waals surface area (Å²) in [4.78, 5) is 14.8. The van der Waals surface area contributed by atoms with Gasteiger partial charge in [0.05, 0.1) is 12.1 Å². The van der Waals surface area contributed by atoms with E-state index < -0.39 is 0 Å². The number of fused-ring (bicyclic) bond motifs is 1. The monoisotopic (exact) mass is 232 g/mol. The van der Waals surface area contributed by atoms with E-state index in [9.17, 15) is 4.91 Å². The maximum atomic E-state index is 10.7. The van der Waals surface area contributed by atoms with Gasteiger partial charge in [-0.1, -0.05) is 6.07 Å². The van der Waals surface area contributed by atoms with E-state index in [2.05, 4.69) is 10.2 Å². The van der Waals surface area contributed by atoms with Crippen molar-refractivity contribution in [1.29, 1.82) is 0 Å². The van der Waals surface area contributed by atoms with E-state index >= 15 is 0 Å². The lowest BCUT2D eigenvalue weighted by Gasteiger charge is -2.07. The molecule has 2 aromatic rings. The van der Waals surface area contributed by atoms with E-state index in [4.69, 9.17) is 9.47 Å². The third-order valence-electron chi connectivity index (χ3n) is 2.31. The first-order valence-electron chi connectivity index (χ1n) is 5.19. The molecule has 0 aliphatic heterocycles. The van der Waals surface area contributed by atoms with Gasteiger partial charge in [-0.2, -0.15) is 0 Å². The lowest BCUT2D eigenvalue weighted by Crippen LogP contribution is -2.04. The molecule has 1 heterocycles. The van der Waals surface area contributed by atoms with E-state index in [1.807, 2.05) is 12.1 Å². The van der Waals surface area contributed by atoms with Gasteiger partial charge >= 0.3 is 0 Å². The molecule has 5 heteroatoms. The molecule has 88 valence electrons. The molecule has 0 aliphatic carbocycles. The Morgan fingerprint density at radius 1 is 1.35 bits per heavy atom. The van der Waals surface area contributed by atoms with Crippen molar-refractivity contribution < 1.29 is 9.47 Å². The van der Waals surface area contributed by atoms with Crippen LogP contribution in [0.5, 0.6) is 5.75 Å². The Kier molecular flexibility index (Phi) is 3.62. The molecule has 17 heavy (non-hydrogen) atoms. The van der Waals surface area contributed by atoms with Crippen LogP contribution in [0.3, 0.4) is 0 Å². The first-order chi connectivity index (χ1) is 8.35. The van der Waals surface area contributed by atoms with Crippen LogP contribution >= 0.6 is 0 Å². The fourth-order valence-corrected chi connectivity index (χ4v) is 1.54. The third-order valence-corrected chi connectivity index (χ3v) is 2.31. The number of nitroso groups, excluding NO2 is 1. The van der Waals surface area contributed by atoms with Gasteiger partial charge < -0.3 is 9.47 Å². The summed E-state index contributed by atoms with van der Waals surface area (Å²) >= 11 is 0. The minimum absolute atomic E-state index is 0.288. The van der Waals surface area contributed by atoms with Crippen molar-refractivity contribution in [3.05, 3.63) is 35.4 Å². The molecule has 0 saturated carbocycles. The molecule has 0 atom stereocenters. The van der Waals surface area contributed by atoms with Crippen LogP contribution in [0.1, 0.15) is 0 Å². The van der Waals surface area contributed by atoms with Crippen molar-refractivity contribution in [3.8, 4) is 5.75 Å². The minimum Gasteiger partial charge on any atom is -0.491 e. The topological polar surface area (TPSA) is 60.8 Å². The molecule has 0 aliphatic rings. The number of ether oxygens (including phenoxy) is 2. The summed E-state index contributed by atoms with van der Waals surface area (Å²) in [5.74, 6) is 0.595. The Hall–Kier alpha value is -2.01. The smallest absolute Gasteiger partial charge is 0.137 e. The second-order valence-electron chi connectivity index (χ2n) is 3.45. The molecule has 0 bridgehead atoms. The summed E-state index contributed by atoms with van der Waals surface area (Å²) in [6, 6.07) is 7.07. The standard InChI is InChI=1S/C12H12N2O3/c1-16-5-6-17-10-7-9-3-2-4-13-12(9)11(8-10)14-15/h2-4,7-8H,5-6H2,1H3. The summed E-state index contributed by atoms with van der Waals surface area (Å²) in [5, 5.41) is 3.79. The van der Waals surface area contributed by atoms with Crippen molar-refractivity contribution >= 4 is 16.6 Å². The highest BCUT2D eigenvalue weighted by Gasteiger charge is 2.06. The first kappa shape index (κ1) is 11.5. The maximum Gasteiger partial charge on any atom is 0.137 e. The molecule has 0 radical (unpaired) electrons. The molecule has 0 spiro atoms. The number of rotatable bonds is 5. The summed E-state index contributed by atoms with van der Waals surface area (Å²) in [6.45, 7) is 0.926. The summed E-state index contributed by atoms with van der Waals surface area (Å²) in [5.41, 5.74) is 0.872. The van der Waals surface area contributed by atoms with Gasteiger partial charge in [0.15, 0.2) is 0 Å². The lowest BCUT2D eigenvalue weighted by atomic mass is 10.2. The van der Waals surface area contributed by atoms with Crippen molar-refractivity contribution in [2.45, 2.75) is 0 Å². The summed E-state index contributed by atoms with van der Waals surface area (Å²) in [7, 11) is 1.60. The average Bonchev–Trinajstić information content (AvgIpc) is 2.38. The fraction of sp³-hybridized carbons (Fsp3) is 0.250. The molecule has 2 rings (SSSR count). The largest absolute Gasteiger partial charge is 0.491 e. The lowest BCUT2D eigenvalue weighted by molar-refractivity contribution is 0.146. The summed E-state index contributed by atoms with van der Waals surface area (Å²) in [6.07, 6.45) is 1.63. The number of hydrogen-bond donors (Lipinski definition) is 0. The van der Waals surface area contributed by atoms with Gasteiger partial charge in [0, 0.05) is 24.8 Å². The molecule has 0 fully saturated rings. The van der Waals surface area contributed by atoms with Crippen LogP contribution in [0.15, 0.2) is 35.6 Å². The van der Waals surface area contributed by atoms with Gasteiger partial charge in [-0.3, -0.25) is 4.98 Å². The van der Waals surface area contributed by atoms with Gasteiger partial charge in [-0.25, -0.2) is 0 Å². The van der Waals surface area contributed by atoms with Crippen LogP contribution in [0, 0.1) is 4.91 Å². The predicted octanol–water partition coefficient (Wildman–Crippen LogP) is 2.66. The highest BCUT2D eigenvalue weighted by molar-refractivity contribution is 5.90. The highest BCUT2D eigenvalue weighted by Crippen LogP contribution is 2.29. The van der Waals surface area contributed by atoms with Gasteiger partial charge in [0.25, 0.3) is 0 Å². The number of methoxy groups -OCH3 is 1. The zero-order valence-corrected chi connectivity index (χ0v) is 9.42. The highest BCUT2D eigenvalue weighted by atomic mass is 16.5. The van der Waals surface area contributed by atoms with E-state index in [1.165, 1.54) is 0 Å². The molecular formula is C12H12N2O3. The Labute approximate surface area is 98.3 Å². The van der Waals surface area contributed by atoms with Gasteiger partial charge in [-0.05, 0) is 17.3 Å². The van der Waals surface area contributed by atoms with E-state index in [-0.39, 0.29) is 5.69 Å². The fourth-order valence-electron chi connectivity index (χ4n) is 1.54. The van der Waals surface area contributed by atoms with Gasteiger partial charge in [0.2, 0.25) is 0 Å². The summed E-state index contributed by atoms with van der Waals surface area (Å²) < 4.78 is 10.3. The van der Waals surface area contributed by atoms with Crippen molar-refractivity contribution in [3.63, 3.8) is 0 Å². The van der Waals surface area contributed by atoms with E-state index in [0.29, 0.717) is 24.5 Å². The SMILES string of the molecule is COCCOc1cc(N=O)c2ncccc2c1. The Bertz CT molecular complexity index is 528. The number of hydrogen-bond acceptors (Lipinski definition) is 5. The van der Waals surface area contributed by atoms with E-state index in [1.54, 1.807) is 25.4 Å². The zero-order chi connectivity index (χ0) is 12.1. The van der Waals surface area contributed by atoms with Crippen LogP contribution < -0.4 is 4.74 Å². The van der Waals surface area contributed by atoms with Gasteiger partial charge in [-0.15, -0.1) is 4.91 Å². The quantitative estimate of drug-likeness (QED) is 0.587. The minimum atomic E-state index is 0.288. The second-order valence-corrected chi connectivity index (χ2v) is 3.45. The van der Waals surface area contributed by atoms with Crippen molar-refractivity contribution in [2.75, 3.05) is 20.3 Å². The average molecular weight is 232 g/mol. The number of benzene rings is 1. The van der Waals surface area contributed by atoms with Crippen LogP contribution in [-0.2, 0) is 4.74 Å². The first-order valence-corrected chi connectivity index (χ1v) is 5.19. The Balaban J connectivity index is 2.35. The van der Waals surface area contributed by atoms with Gasteiger partial charge in [0.1, 0.15) is 18.0 Å². The van der Waals surface area contributed by atoms with Crippen LogP contribution in [0.25, 0.3) is 10.9 Å². The van der Waals surface area contributed by atoms with Crippen molar-refractivity contribution in [2.24, 2.45) is 5.18 Å². The molecule has 0 N–H and O–H groups in total. The molecule has 0 unspecified atom stereocenters. The number of pyridine rings is 1. The molecule has 5 nitrogen and oxygen atoms in total. The van der Waals surface area contributed by atoms with E-state index in [0.717, 1.165) is 5.39 Å². The molecule has 0 amide bonds. The second kappa shape index (κ2) is 5.36. The molecule has 0 saturated heterocycles. The third kappa shape index (κ3) is 2.57. The number of aromatic nitrogens is 1. The van der Waals surface area contributed by atoms with Crippen LogP contribution in [0.2, 0.25) is 0 Å². The van der Waals surface area contributed by atoms with Crippen molar-refractivity contribution in [1.82, 2.24) is 4.98 Å². The zero-order valence-electron chi connectivity index (χ0n) is 9.42. The van der Waals surface area contributed by atoms with Crippen LogP contribution in [0.4, 0.5) is 5.69 Å². The van der Waals surface area contributed by atoms with Crippen LogP contribution in [-0.4, -0.2) is 25.3 Å². The Morgan fingerprint density at radius 2 is 2.24 bits per heavy atom. The molecule has 1 aromatic carbocycles. The predicted molar refractivity (Wildman–Crippen MR) is 64.6 cm³/mol. The number of nitrogens with zero attached hydrogens (tertiary/aromatic N) is 2. The molecular weight excluding hydrogens is 220 g/mol. The Morgan fingerprint density at radius 3 is 3.00 bits per heavy atom. The maximum absolute atomic E-state index is 10.7. The normalized spacial score (nSPS) is 10.4. The molecule has 1 aromatic heterocycles.